The van der Waals surface area contributed by atoms with Crippen molar-refractivity contribution >= 4 is 5.91 Å². The summed E-state index contributed by atoms with van der Waals surface area (Å²) in [6.45, 7) is 2.39. The fourth-order valence-corrected chi connectivity index (χ4v) is 1.80. The molecule has 0 aromatic heterocycles. The van der Waals surface area contributed by atoms with Gasteiger partial charge in [-0.1, -0.05) is 12.8 Å². The average Bonchev–Trinajstić information content (AvgIpc) is 2.52. The highest BCUT2D eigenvalue weighted by Crippen LogP contribution is 2.08. The molecule has 1 fully saturated rings. The Kier molecular flexibility index (Phi) is 6.36. The van der Waals surface area contributed by atoms with Crippen molar-refractivity contribution in [1.82, 2.24) is 10.6 Å². The molecule has 0 bridgehead atoms. The minimum absolute atomic E-state index is 0.0232. The van der Waals surface area contributed by atoms with E-state index in [9.17, 15) is 4.79 Å². The predicted octanol–water partition coefficient (Wildman–Crippen LogP) is 0.671. The van der Waals surface area contributed by atoms with E-state index in [0.717, 1.165) is 25.8 Å². The van der Waals surface area contributed by atoms with Crippen LogP contribution in [0.3, 0.4) is 0 Å². The summed E-state index contributed by atoms with van der Waals surface area (Å²) in [6.07, 6.45) is 5.43. The summed E-state index contributed by atoms with van der Waals surface area (Å²) < 4.78 is 4.92. The first-order valence-electron chi connectivity index (χ1n) is 5.84. The molecule has 1 aliphatic rings. The summed E-state index contributed by atoms with van der Waals surface area (Å²) in [7, 11) is 1.68. The van der Waals surface area contributed by atoms with Gasteiger partial charge >= 0.3 is 0 Å². The molecular formula is C11H22N2O2. The molecule has 0 radical (unpaired) electrons. The SMILES string of the molecule is COCCCNC(=O)C1CCCCCN1. The third-order valence-electron chi connectivity index (χ3n) is 2.70. The molecule has 0 aromatic carbocycles. The number of carbonyl (C=O) groups excluding carboxylic acids is 1. The van der Waals surface area contributed by atoms with Crippen molar-refractivity contribution in [2.45, 2.75) is 38.1 Å². The zero-order valence-corrected chi connectivity index (χ0v) is 9.55. The lowest BCUT2D eigenvalue weighted by molar-refractivity contribution is -0.123. The van der Waals surface area contributed by atoms with E-state index in [0.29, 0.717) is 13.2 Å². The fourth-order valence-electron chi connectivity index (χ4n) is 1.80. The Balaban J connectivity index is 2.14. The second-order valence-electron chi connectivity index (χ2n) is 3.99. The summed E-state index contributed by atoms with van der Waals surface area (Å²) in [5.74, 6) is 0.146. The Hall–Kier alpha value is -0.610. The van der Waals surface area contributed by atoms with Crippen molar-refractivity contribution < 1.29 is 9.53 Å². The van der Waals surface area contributed by atoms with E-state index in [4.69, 9.17) is 4.74 Å². The quantitative estimate of drug-likeness (QED) is 0.661. The van der Waals surface area contributed by atoms with Crippen LogP contribution in [0.1, 0.15) is 32.1 Å². The molecule has 0 aliphatic carbocycles. The van der Waals surface area contributed by atoms with Gasteiger partial charge in [-0.2, -0.15) is 0 Å². The van der Waals surface area contributed by atoms with Gasteiger partial charge in [-0.25, -0.2) is 0 Å². The van der Waals surface area contributed by atoms with Crippen molar-refractivity contribution in [3.63, 3.8) is 0 Å². The Morgan fingerprint density at radius 1 is 1.47 bits per heavy atom. The van der Waals surface area contributed by atoms with E-state index in [2.05, 4.69) is 10.6 Å². The van der Waals surface area contributed by atoms with Gasteiger partial charge in [0.1, 0.15) is 0 Å². The number of rotatable bonds is 5. The van der Waals surface area contributed by atoms with Crippen molar-refractivity contribution in [3.8, 4) is 0 Å². The van der Waals surface area contributed by atoms with Crippen LogP contribution in [-0.4, -0.2) is 38.8 Å². The van der Waals surface area contributed by atoms with Gasteiger partial charge < -0.3 is 15.4 Å². The highest BCUT2D eigenvalue weighted by atomic mass is 16.5. The summed E-state index contributed by atoms with van der Waals surface area (Å²) in [5, 5.41) is 6.21. The molecule has 0 spiro atoms. The standard InChI is InChI=1S/C11H22N2O2/c1-15-9-5-8-13-11(14)10-6-3-2-4-7-12-10/h10,12H,2-9H2,1H3,(H,13,14). The number of carbonyl (C=O) groups is 1. The molecule has 1 atom stereocenters. The Morgan fingerprint density at radius 2 is 2.33 bits per heavy atom. The molecule has 1 saturated heterocycles. The van der Waals surface area contributed by atoms with Gasteiger partial charge in [0, 0.05) is 20.3 Å². The molecule has 88 valence electrons. The van der Waals surface area contributed by atoms with Crippen LogP contribution in [0.25, 0.3) is 0 Å². The van der Waals surface area contributed by atoms with Crippen LogP contribution in [0.15, 0.2) is 0 Å². The van der Waals surface area contributed by atoms with E-state index in [-0.39, 0.29) is 11.9 Å². The zero-order valence-electron chi connectivity index (χ0n) is 9.55. The minimum Gasteiger partial charge on any atom is -0.385 e. The second kappa shape index (κ2) is 7.65. The maximum atomic E-state index is 11.7. The van der Waals surface area contributed by atoms with Crippen LogP contribution >= 0.6 is 0 Å². The summed E-state index contributed by atoms with van der Waals surface area (Å²) in [4.78, 5) is 11.7. The van der Waals surface area contributed by atoms with Gasteiger partial charge in [-0.15, -0.1) is 0 Å². The highest BCUT2D eigenvalue weighted by molar-refractivity contribution is 5.81. The maximum Gasteiger partial charge on any atom is 0.237 e. The first-order chi connectivity index (χ1) is 7.34. The van der Waals surface area contributed by atoms with E-state index < -0.39 is 0 Å². The highest BCUT2D eigenvalue weighted by Gasteiger charge is 2.18. The smallest absolute Gasteiger partial charge is 0.237 e. The van der Waals surface area contributed by atoms with Gasteiger partial charge in [-0.3, -0.25) is 4.79 Å². The fraction of sp³-hybridized carbons (Fsp3) is 0.909. The lowest BCUT2D eigenvalue weighted by atomic mass is 10.1. The Morgan fingerprint density at radius 3 is 3.13 bits per heavy atom. The molecular weight excluding hydrogens is 192 g/mol. The number of ether oxygens (including phenoxy) is 1. The summed E-state index contributed by atoms with van der Waals surface area (Å²) in [6, 6.07) is 0.0232. The van der Waals surface area contributed by atoms with Gasteiger partial charge in [0.25, 0.3) is 0 Å². The van der Waals surface area contributed by atoms with E-state index >= 15 is 0 Å². The molecule has 1 unspecified atom stereocenters. The summed E-state index contributed by atoms with van der Waals surface area (Å²) in [5.41, 5.74) is 0. The van der Waals surface area contributed by atoms with Gasteiger partial charge in [0.15, 0.2) is 0 Å². The number of amides is 1. The number of hydrogen-bond donors (Lipinski definition) is 2. The lowest BCUT2D eigenvalue weighted by Crippen LogP contribution is -2.44. The molecule has 0 aromatic rings. The number of methoxy groups -OCH3 is 1. The van der Waals surface area contributed by atoms with E-state index in [1.54, 1.807) is 7.11 Å². The molecule has 4 nitrogen and oxygen atoms in total. The largest absolute Gasteiger partial charge is 0.385 e. The maximum absolute atomic E-state index is 11.7. The first-order valence-corrected chi connectivity index (χ1v) is 5.84. The third kappa shape index (κ3) is 5.14. The topological polar surface area (TPSA) is 50.4 Å². The molecule has 2 N–H and O–H groups in total. The van der Waals surface area contributed by atoms with Gasteiger partial charge in [0.05, 0.1) is 6.04 Å². The normalized spacial score (nSPS) is 22.1. The molecule has 4 heteroatoms. The van der Waals surface area contributed by atoms with Gasteiger partial charge in [0.2, 0.25) is 5.91 Å². The van der Waals surface area contributed by atoms with Crippen molar-refractivity contribution in [2.75, 3.05) is 26.8 Å². The molecule has 0 saturated carbocycles. The van der Waals surface area contributed by atoms with Crippen LogP contribution in [0.4, 0.5) is 0 Å². The number of hydrogen-bond acceptors (Lipinski definition) is 3. The first kappa shape index (κ1) is 12.5. The van der Waals surface area contributed by atoms with E-state index in [1.165, 1.54) is 12.8 Å². The minimum atomic E-state index is 0.0232. The monoisotopic (exact) mass is 214 g/mol. The molecule has 1 amide bonds. The molecule has 15 heavy (non-hydrogen) atoms. The third-order valence-corrected chi connectivity index (χ3v) is 2.70. The second-order valence-corrected chi connectivity index (χ2v) is 3.99. The number of nitrogens with one attached hydrogen (secondary N) is 2. The summed E-state index contributed by atoms with van der Waals surface area (Å²) >= 11 is 0. The molecule has 1 aliphatic heterocycles. The van der Waals surface area contributed by atoms with Crippen molar-refractivity contribution in [3.05, 3.63) is 0 Å². The molecule has 1 heterocycles. The Bertz CT molecular complexity index is 177. The van der Waals surface area contributed by atoms with Gasteiger partial charge in [-0.05, 0) is 25.8 Å². The zero-order chi connectivity index (χ0) is 10.9. The van der Waals surface area contributed by atoms with E-state index in [1.807, 2.05) is 0 Å². The lowest BCUT2D eigenvalue weighted by Gasteiger charge is -2.15. The molecule has 1 rings (SSSR count). The van der Waals surface area contributed by atoms with Crippen LogP contribution in [0, 0.1) is 0 Å². The van der Waals surface area contributed by atoms with Crippen molar-refractivity contribution in [2.24, 2.45) is 0 Å². The van der Waals surface area contributed by atoms with Crippen LogP contribution in [0.5, 0.6) is 0 Å². The predicted molar refractivity (Wildman–Crippen MR) is 59.8 cm³/mol. The average molecular weight is 214 g/mol. The van der Waals surface area contributed by atoms with Crippen molar-refractivity contribution in [1.29, 1.82) is 0 Å². The van der Waals surface area contributed by atoms with Crippen LogP contribution in [-0.2, 0) is 9.53 Å². The Labute approximate surface area is 91.8 Å². The van der Waals surface area contributed by atoms with Crippen LogP contribution < -0.4 is 10.6 Å². The van der Waals surface area contributed by atoms with Crippen LogP contribution in [0.2, 0.25) is 0 Å².